The number of hydrogen-bond acceptors (Lipinski definition) is 5. The molecule has 1 unspecified atom stereocenters. The van der Waals surface area contributed by atoms with Gasteiger partial charge in [-0.05, 0) is 43.9 Å². The summed E-state index contributed by atoms with van der Waals surface area (Å²) >= 11 is 0. The van der Waals surface area contributed by atoms with Gasteiger partial charge >= 0.3 is 5.69 Å². The van der Waals surface area contributed by atoms with Gasteiger partial charge in [-0.25, -0.2) is 4.79 Å². The number of aromatic hydroxyl groups is 1. The summed E-state index contributed by atoms with van der Waals surface area (Å²) in [7, 11) is 3.16. The third-order valence-corrected chi connectivity index (χ3v) is 5.61. The Morgan fingerprint density at radius 1 is 1.07 bits per heavy atom. The van der Waals surface area contributed by atoms with E-state index < -0.39 is 0 Å². The van der Waals surface area contributed by atoms with Crippen LogP contribution in [0.3, 0.4) is 0 Å². The number of imidazole rings is 1. The molecule has 8 heteroatoms. The molecule has 3 heterocycles. The van der Waals surface area contributed by atoms with Crippen LogP contribution in [0.15, 0.2) is 33.9 Å². The van der Waals surface area contributed by atoms with Gasteiger partial charge in [0.25, 0.3) is 5.56 Å². The zero-order valence-electron chi connectivity index (χ0n) is 16.4. The summed E-state index contributed by atoms with van der Waals surface area (Å²) < 4.78 is 4.56. The van der Waals surface area contributed by atoms with Crippen LogP contribution in [0.5, 0.6) is 5.75 Å². The molecule has 0 aliphatic carbocycles. The van der Waals surface area contributed by atoms with Crippen molar-refractivity contribution in [2.24, 2.45) is 14.1 Å². The van der Waals surface area contributed by atoms with Crippen molar-refractivity contribution in [3.8, 4) is 5.75 Å². The molecule has 4 rings (SSSR count). The van der Waals surface area contributed by atoms with Gasteiger partial charge in [-0.1, -0.05) is 12.1 Å². The normalized spacial score (nSPS) is 15.5. The number of aromatic nitrogens is 4. The molecular formula is C20H25N5O3. The molecule has 1 aliphatic heterocycles. The second-order valence-electron chi connectivity index (χ2n) is 7.56. The highest BCUT2D eigenvalue weighted by Crippen LogP contribution is 2.26. The number of hydrogen-bond donors (Lipinski definition) is 1. The number of phenols is 1. The van der Waals surface area contributed by atoms with Gasteiger partial charge in [0.15, 0.2) is 11.2 Å². The predicted octanol–water partition coefficient (Wildman–Crippen LogP) is 1.37. The van der Waals surface area contributed by atoms with Crippen molar-refractivity contribution >= 4 is 17.1 Å². The average molecular weight is 383 g/mol. The van der Waals surface area contributed by atoms with Crippen LogP contribution in [-0.2, 0) is 27.1 Å². The molecule has 1 aromatic carbocycles. The molecule has 0 bridgehead atoms. The lowest BCUT2D eigenvalue weighted by Crippen LogP contribution is -2.37. The number of fused-ring (bicyclic) bond motifs is 3. The minimum atomic E-state index is -0.366. The molecule has 0 fully saturated rings. The van der Waals surface area contributed by atoms with Crippen LogP contribution in [-0.4, -0.2) is 36.4 Å². The first-order valence-corrected chi connectivity index (χ1v) is 9.59. The van der Waals surface area contributed by atoms with Gasteiger partial charge < -0.3 is 14.6 Å². The van der Waals surface area contributed by atoms with Crippen molar-refractivity contribution in [2.45, 2.75) is 38.8 Å². The average Bonchev–Trinajstić information content (AvgIpc) is 2.93. The van der Waals surface area contributed by atoms with Crippen LogP contribution in [0.1, 0.15) is 25.3 Å². The SMILES string of the molecule is CC(Cc1ccc(O)cc1)N1CCCCn2c1nc1c2c(=O)n(C)c(=O)n1C. The van der Waals surface area contributed by atoms with Gasteiger partial charge in [-0.2, -0.15) is 4.98 Å². The Bertz CT molecular complexity index is 1140. The number of nitrogens with zero attached hydrogens (tertiary/aromatic N) is 5. The minimum Gasteiger partial charge on any atom is -0.508 e. The third-order valence-electron chi connectivity index (χ3n) is 5.61. The van der Waals surface area contributed by atoms with Crippen LogP contribution in [0.4, 0.5) is 5.95 Å². The summed E-state index contributed by atoms with van der Waals surface area (Å²) in [6.07, 6.45) is 2.75. The second-order valence-corrected chi connectivity index (χ2v) is 7.56. The highest BCUT2D eigenvalue weighted by atomic mass is 16.3. The molecule has 0 spiro atoms. The van der Waals surface area contributed by atoms with E-state index >= 15 is 0 Å². The van der Waals surface area contributed by atoms with Crippen LogP contribution in [0.2, 0.25) is 0 Å². The van der Waals surface area contributed by atoms with Gasteiger partial charge in [0.2, 0.25) is 5.95 Å². The van der Waals surface area contributed by atoms with E-state index in [9.17, 15) is 14.7 Å². The van der Waals surface area contributed by atoms with E-state index in [1.165, 1.54) is 11.6 Å². The fourth-order valence-corrected chi connectivity index (χ4v) is 4.02. The van der Waals surface area contributed by atoms with Gasteiger partial charge in [0.1, 0.15) is 5.75 Å². The van der Waals surface area contributed by atoms with E-state index in [1.54, 1.807) is 19.2 Å². The Labute approximate surface area is 162 Å². The van der Waals surface area contributed by atoms with Crippen molar-refractivity contribution in [2.75, 3.05) is 11.4 Å². The zero-order valence-corrected chi connectivity index (χ0v) is 16.4. The van der Waals surface area contributed by atoms with E-state index in [4.69, 9.17) is 4.98 Å². The Morgan fingerprint density at radius 2 is 1.75 bits per heavy atom. The smallest absolute Gasteiger partial charge is 0.332 e. The number of anilines is 1. The Morgan fingerprint density at radius 3 is 2.46 bits per heavy atom. The third kappa shape index (κ3) is 2.89. The van der Waals surface area contributed by atoms with Crippen molar-refractivity contribution in [1.29, 1.82) is 0 Å². The molecule has 28 heavy (non-hydrogen) atoms. The summed E-state index contributed by atoms with van der Waals surface area (Å²) in [5.41, 5.74) is 1.38. The zero-order chi connectivity index (χ0) is 20.0. The molecule has 1 N–H and O–H groups in total. The van der Waals surface area contributed by atoms with E-state index in [1.807, 2.05) is 16.7 Å². The molecule has 3 aromatic rings. The molecule has 0 radical (unpaired) electrons. The fraction of sp³-hybridized carbons (Fsp3) is 0.450. The lowest BCUT2D eigenvalue weighted by molar-refractivity contribution is 0.475. The molecule has 0 saturated carbocycles. The lowest BCUT2D eigenvalue weighted by atomic mass is 10.1. The minimum absolute atomic E-state index is 0.152. The first kappa shape index (κ1) is 18.3. The van der Waals surface area contributed by atoms with E-state index in [0.29, 0.717) is 17.7 Å². The molecule has 148 valence electrons. The molecule has 8 nitrogen and oxygen atoms in total. The fourth-order valence-electron chi connectivity index (χ4n) is 4.02. The Hall–Kier alpha value is -3.03. The standard InChI is InChI=1S/C20H25N5O3/c1-13(12-14-6-8-15(26)9-7-14)24-10-4-5-11-25-16-17(21-19(24)25)22(2)20(28)23(3)18(16)27/h6-9,13,26H,4-5,10-12H2,1-3H3. The van der Waals surface area contributed by atoms with Gasteiger partial charge in [-0.3, -0.25) is 13.9 Å². The summed E-state index contributed by atoms with van der Waals surface area (Å²) in [6.45, 7) is 3.69. The van der Waals surface area contributed by atoms with Gasteiger partial charge in [0.05, 0.1) is 0 Å². The number of benzene rings is 1. The monoisotopic (exact) mass is 383 g/mol. The van der Waals surface area contributed by atoms with E-state index in [0.717, 1.165) is 41.9 Å². The number of aryl methyl sites for hydroxylation is 2. The van der Waals surface area contributed by atoms with Crippen LogP contribution in [0, 0.1) is 0 Å². The summed E-state index contributed by atoms with van der Waals surface area (Å²) in [4.78, 5) is 32.1. The maximum absolute atomic E-state index is 12.8. The topological polar surface area (TPSA) is 85.3 Å². The van der Waals surface area contributed by atoms with Crippen LogP contribution >= 0.6 is 0 Å². The molecule has 0 amide bonds. The largest absolute Gasteiger partial charge is 0.508 e. The highest BCUT2D eigenvalue weighted by molar-refractivity contribution is 5.74. The van der Waals surface area contributed by atoms with Crippen LogP contribution in [0.25, 0.3) is 11.2 Å². The molecule has 2 aromatic heterocycles. The number of phenolic OH excluding ortho intramolecular Hbond substituents is 1. The summed E-state index contributed by atoms with van der Waals surface area (Å²) in [5, 5.41) is 9.50. The molecule has 1 atom stereocenters. The highest BCUT2D eigenvalue weighted by Gasteiger charge is 2.27. The maximum atomic E-state index is 12.8. The lowest BCUT2D eigenvalue weighted by Gasteiger charge is -2.29. The quantitative estimate of drug-likeness (QED) is 0.738. The van der Waals surface area contributed by atoms with Gasteiger partial charge in [0, 0.05) is 33.2 Å². The molecular weight excluding hydrogens is 358 g/mol. The molecule has 0 saturated heterocycles. The van der Waals surface area contributed by atoms with Crippen molar-refractivity contribution < 1.29 is 5.11 Å². The summed E-state index contributed by atoms with van der Waals surface area (Å²) in [5.74, 6) is 1.00. The molecule has 1 aliphatic rings. The summed E-state index contributed by atoms with van der Waals surface area (Å²) in [6, 6.07) is 7.38. The Balaban J connectivity index is 1.81. The maximum Gasteiger partial charge on any atom is 0.332 e. The van der Waals surface area contributed by atoms with Crippen molar-refractivity contribution in [1.82, 2.24) is 18.7 Å². The first-order chi connectivity index (χ1) is 13.4. The van der Waals surface area contributed by atoms with Crippen molar-refractivity contribution in [3.05, 3.63) is 50.7 Å². The first-order valence-electron chi connectivity index (χ1n) is 9.59. The second kappa shape index (κ2) is 6.85. The van der Waals surface area contributed by atoms with Gasteiger partial charge in [-0.15, -0.1) is 0 Å². The van der Waals surface area contributed by atoms with E-state index in [2.05, 4.69) is 11.8 Å². The van der Waals surface area contributed by atoms with Crippen molar-refractivity contribution in [3.63, 3.8) is 0 Å². The van der Waals surface area contributed by atoms with E-state index in [-0.39, 0.29) is 23.0 Å². The number of rotatable bonds is 3. The van der Waals surface area contributed by atoms with Crippen LogP contribution < -0.4 is 16.1 Å². The predicted molar refractivity (Wildman–Crippen MR) is 108 cm³/mol. The Kier molecular flexibility index (Phi) is 4.49.